The fraction of sp³-hybridized carbons (Fsp3) is 0.318. The molecule has 4 heterocycles. The summed E-state index contributed by atoms with van der Waals surface area (Å²) in [5, 5.41) is 24.3. The number of fused-ring (bicyclic) bond motifs is 5. The molecule has 2 aromatic heterocycles. The zero-order valence-corrected chi connectivity index (χ0v) is 17.4. The first kappa shape index (κ1) is 17.7. The molecule has 9 heteroatoms. The van der Waals surface area contributed by atoms with Crippen LogP contribution in [0.1, 0.15) is 39.7 Å². The lowest BCUT2D eigenvalue weighted by molar-refractivity contribution is -0.172. The molecular formula is C22H22ClN3O5. The van der Waals surface area contributed by atoms with E-state index in [1.807, 2.05) is 0 Å². The van der Waals surface area contributed by atoms with Gasteiger partial charge in [0.1, 0.15) is 12.4 Å². The van der Waals surface area contributed by atoms with Crippen LogP contribution in [0.2, 0.25) is 0 Å². The number of aliphatic hydroxyl groups is 1. The molecule has 162 valence electrons. The normalized spacial score (nSPS) is 20.6. The molecule has 3 aromatic rings. The molecule has 0 unspecified atom stereocenters. The topological polar surface area (TPSA) is 114 Å². The second-order valence-corrected chi connectivity index (χ2v) is 7.58. The second kappa shape index (κ2) is 7.33. The van der Waals surface area contributed by atoms with E-state index in [9.17, 15) is 19.8 Å². The van der Waals surface area contributed by atoms with Crippen molar-refractivity contribution in [2.45, 2.75) is 38.6 Å². The van der Waals surface area contributed by atoms with Gasteiger partial charge in [0.25, 0.3) is 5.56 Å². The number of phenolic OH excluding ortho intramolecular Hbond substituents is 1. The van der Waals surface area contributed by atoms with Crippen molar-refractivity contribution < 1.29 is 23.9 Å². The van der Waals surface area contributed by atoms with Crippen LogP contribution >= 0.6 is 12.4 Å². The highest BCUT2D eigenvalue weighted by Gasteiger charge is 2.45. The lowest BCUT2D eigenvalue weighted by atomic mass is 9.86. The van der Waals surface area contributed by atoms with Gasteiger partial charge in [-0.3, -0.25) is 4.79 Å². The third-order valence-electron chi connectivity index (χ3n) is 6.04. The highest BCUT2D eigenvalue weighted by atomic mass is 35.5. The molecule has 0 radical (unpaired) electrons. The van der Waals surface area contributed by atoms with Gasteiger partial charge in [-0.15, -0.1) is 12.4 Å². The first-order valence-electron chi connectivity index (χ1n) is 11.1. The third kappa shape index (κ3) is 2.86. The molecule has 0 aliphatic carbocycles. The summed E-state index contributed by atoms with van der Waals surface area (Å²) >= 11 is 0. The Bertz CT molecular complexity index is 1410. The second-order valence-electron chi connectivity index (χ2n) is 7.58. The van der Waals surface area contributed by atoms with Crippen LogP contribution in [0.5, 0.6) is 5.75 Å². The smallest absolute Gasteiger partial charge is 0.343 e. The molecule has 1 atom stereocenters. The van der Waals surface area contributed by atoms with Gasteiger partial charge in [-0.2, -0.15) is 0 Å². The monoisotopic (exact) mass is 446 g/mol. The maximum absolute atomic E-state index is 13.2. The van der Waals surface area contributed by atoms with Crippen LogP contribution in [0.4, 0.5) is 0 Å². The number of rotatable bonds is 3. The average molecular weight is 447 g/mol. The molecule has 5 rings (SSSR count). The summed E-state index contributed by atoms with van der Waals surface area (Å²) < 4.78 is 28.7. The number of pyridine rings is 2. The Kier molecular flexibility index (Phi) is 4.19. The number of nitrogens with one attached hydrogen (secondary N) is 1. The number of ether oxygens (including phenoxy) is 1. The molecule has 2 aliphatic rings. The van der Waals surface area contributed by atoms with Crippen molar-refractivity contribution in [2.75, 3.05) is 6.98 Å². The maximum atomic E-state index is 13.2. The highest BCUT2D eigenvalue weighted by molar-refractivity contribution is 5.89. The summed E-state index contributed by atoms with van der Waals surface area (Å²) in [6, 6.07) is 6.47. The minimum atomic E-state index is -2.38. The first-order chi connectivity index (χ1) is 15.5. The predicted octanol–water partition coefficient (Wildman–Crippen LogP) is 1.93. The summed E-state index contributed by atoms with van der Waals surface area (Å²) in [5.41, 5.74) is 0.819. The molecule has 1 aromatic carbocycles. The average Bonchev–Trinajstić information content (AvgIpc) is 3.12. The number of hydrogen-bond donors (Lipinski definition) is 3. The van der Waals surface area contributed by atoms with Gasteiger partial charge < -0.3 is 24.8 Å². The molecule has 31 heavy (non-hydrogen) atoms. The van der Waals surface area contributed by atoms with Gasteiger partial charge in [0, 0.05) is 32.7 Å². The number of aromatic nitrogens is 2. The Morgan fingerprint density at radius 1 is 1.35 bits per heavy atom. The number of aromatic hydroxyl groups is 1. The van der Waals surface area contributed by atoms with E-state index in [2.05, 4.69) is 10.3 Å². The fourth-order valence-corrected chi connectivity index (χ4v) is 4.37. The van der Waals surface area contributed by atoms with Gasteiger partial charge in [0.05, 0.1) is 29.0 Å². The van der Waals surface area contributed by atoms with Crippen LogP contribution in [0.15, 0.2) is 29.1 Å². The number of cyclic esters (lactones) is 1. The quantitative estimate of drug-likeness (QED) is 0.412. The van der Waals surface area contributed by atoms with E-state index in [4.69, 9.17) is 8.85 Å². The van der Waals surface area contributed by atoms with Gasteiger partial charge in [0.15, 0.2) is 5.60 Å². The van der Waals surface area contributed by atoms with Crippen LogP contribution in [0, 0.1) is 0 Å². The highest BCUT2D eigenvalue weighted by Crippen LogP contribution is 2.39. The maximum Gasteiger partial charge on any atom is 0.343 e. The van der Waals surface area contributed by atoms with Crippen molar-refractivity contribution in [1.29, 1.82) is 0 Å². The molecule has 0 amide bonds. The van der Waals surface area contributed by atoms with Crippen molar-refractivity contribution in [3.63, 3.8) is 0 Å². The first-order valence-corrected chi connectivity index (χ1v) is 9.60. The summed E-state index contributed by atoms with van der Waals surface area (Å²) in [5.74, 6) is -0.846. The summed E-state index contributed by atoms with van der Waals surface area (Å²) in [6.45, 7) is -0.830. The zero-order chi connectivity index (χ0) is 23.7. The van der Waals surface area contributed by atoms with E-state index in [-0.39, 0.29) is 61.0 Å². The minimum absolute atomic E-state index is 0. The van der Waals surface area contributed by atoms with Crippen molar-refractivity contribution in [3.8, 4) is 17.1 Å². The lowest BCUT2D eigenvalue weighted by Crippen LogP contribution is -2.44. The molecule has 2 aliphatic heterocycles. The molecule has 3 N–H and O–H groups in total. The van der Waals surface area contributed by atoms with E-state index in [1.54, 1.807) is 25.1 Å². The predicted molar refractivity (Wildman–Crippen MR) is 116 cm³/mol. The number of halogens is 1. The third-order valence-corrected chi connectivity index (χ3v) is 6.04. The number of carbonyl (C=O) groups is 1. The van der Waals surface area contributed by atoms with E-state index < -0.39 is 18.5 Å². The van der Waals surface area contributed by atoms with Crippen molar-refractivity contribution in [1.82, 2.24) is 14.9 Å². The van der Waals surface area contributed by atoms with Crippen LogP contribution < -0.4 is 10.9 Å². The molecule has 0 spiro atoms. The Balaban J connectivity index is 0.00000274. The van der Waals surface area contributed by atoms with Crippen LogP contribution in [-0.2, 0) is 34.8 Å². The van der Waals surface area contributed by atoms with E-state index in [1.165, 1.54) is 10.6 Å². The molecule has 0 bridgehead atoms. The molecule has 0 fully saturated rings. The van der Waals surface area contributed by atoms with Crippen molar-refractivity contribution >= 4 is 29.3 Å². The molecule has 0 saturated heterocycles. The van der Waals surface area contributed by atoms with Gasteiger partial charge >= 0.3 is 5.97 Å². The summed E-state index contributed by atoms with van der Waals surface area (Å²) in [7, 11) is 0. The van der Waals surface area contributed by atoms with E-state index >= 15 is 0 Å². The Labute approximate surface area is 188 Å². The van der Waals surface area contributed by atoms with Gasteiger partial charge in [-0.05, 0) is 37.7 Å². The molecular weight excluding hydrogens is 422 g/mol. The lowest BCUT2D eigenvalue weighted by Gasteiger charge is -2.31. The number of esters is 1. The largest absolute Gasteiger partial charge is 0.508 e. The van der Waals surface area contributed by atoms with Gasteiger partial charge in [-0.1, -0.05) is 6.92 Å². The Morgan fingerprint density at radius 3 is 2.90 bits per heavy atom. The van der Waals surface area contributed by atoms with Crippen LogP contribution in [-0.4, -0.2) is 32.7 Å². The van der Waals surface area contributed by atoms with Crippen molar-refractivity contribution in [3.05, 3.63) is 56.9 Å². The van der Waals surface area contributed by atoms with Gasteiger partial charge in [0.2, 0.25) is 0 Å². The Morgan fingerprint density at radius 2 is 2.16 bits per heavy atom. The molecule has 0 saturated carbocycles. The standard InChI is InChI=1S/C22H21N3O5.ClH/c1-3-22(29)15-7-17-19-11(9-25(17)20(27)14(15)10-30-21(22)28)6-12-13(8-23-2)18(26)5-4-16(12)24-19;/h4-7,23,26,29H,3,8-10H2,1-2H3;1H/t22-;/m0./s1/i2D3;. The minimum Gasteiger partial charge on any atom is -0.508 e. The van der Waals surface area contributed by atoms with E-state index in [0.29, 0.717) is 33.4 Å². The van der Waals surface area contributed by atoms with Crippen LogP contribution in [0.25, 0.3) is 22.3 Å². The fourth-order valence-electron chi connectivity index (χ4n) is 4.37. The number of nitrogens with zero attached hydrogens (tertiary/aromatic N) is 2. The number of carbonyl (C=O) groups excluding carboxylic acids is 1. The van der Waals surface area contributed by atoms with Crippen molar-refractivity contribution in [2.24, 2.45) is 0 Å². The van der Waals surface area contributed by atoms with Gasteiger partial charge in [-0.25, -0.2) is 9.78 Å². The number of benzene rings is 1. The van der Waals surface area contributed by atoms with E-state index in [0.717, 1.165) is 0 Å². The number of hydrogen-bond acceptors (Lipinski definition) is 7. The SMILES string of the molecule is Cl.[2H]C([2H])([2H])NCc1c(O)ccc2nc3c(cc12)Cn1c-3cc2c(c1=O)COC(=O)[C@]2(O)CC. The Hall–Kier alpha value is -2.94. The number of phenols is 1. The summed E-state index contributed by atoms with van der Waals surface area (Å²) in [6.07, 6.45) is 0.0544. The zero-order valence-electron chi connectivity index (χ0n) is 19.6. The summed E-state index contributed by atoms with van der Waals surface area (Å²) in [4.78, 5) is 30.2. The van der Waals surface area contributed by atoms with Crippen LogP contribution in [0.3, 0.4) is 0 Å². The molecule has 8 nitrogen and oxygen atoms in total.